The van der Waals surface area contributed by atoms with E-state index in [9.17, 15) is 0 Å². The summed E-state index contributed by atoms with van der Waals surface area (Å²) in [5.41, 5.74) is 3.63. The molecule has 0 unspecified atom stereocenters. The van der Waals surface area contributed by atoms with Crippen LogP contribution in [0.3, 0.4) is 0 Å². The quantitative estimate of drug-likeness (QED) is 0.734. The fraction of sp³-hybridized carbons (Fsp3) is 0.250. The molecule has 0 fully saturated rings. The van der Waals surface area contributed by atoms with Gasteiger partial charge in [0.2, 0.25) is 0 Å². The summed E-state index contributed by atoms with van der Waals surface area (Å²) in [4.78, 5) is 12.9. The molecule has 0 bridgehead atoms. The van der Waals surface area contributed by atoms with Crippen molar-refractivity contribution < 1.29 is 0 Å². The Bertz CT molecular complexity index is 754. The number of benzene rings is 1. The third kappa shape index (κ3) is 2.60. The molecule has 1 aromatic carbocycles. The Hall–Kier alpha value is -2.60. The van der Waals surface area contributed by atoms with E-state index in [1.807, 2.05) is 12.3 Å². The van der Waals surface area contributed by atoms with Crippen LogP contribution in [0.2, 0.25) is 0 Å². The van der Waals surface area contributed by atoms with Gasteiger partial charge in [-0.2, -0.15) is 10.2 Å². The smallest absolute Gasteiger partial charge is 0.268 e. The van der Waals surface area contributed by atoms with Crippen LogP contribution < -0.4 is 0 Å². The predicted molar refractivity (Wildman–Crippen MR) is 81.2 cm³/mol. The molecule has 1 aliphatic rings. The summed E-state index contributed by atoms with van der Waals surface area (Å²) < 4.78 is 0. The van der Waals surface area contributed by atoms with E-state index in [-0.39, 0.29) is 0 Å². The highest BCUT2D eigenvalue weighted by Crippen LogP contribution is 2.19. The zero-order valence-electron chi connectivity index (χ0n) is 12.1. The molecule has 2 aromatic heterocycles. The van der Waals surface area contributed by atoms with Gasteiger partial charge in [0.25, 0.3) is 5.95 Å². The van der Waals surface area contributed by atoms with Crippen molar-refractivity contribution in [2.75, 3.05) is 6.54 Å². The van der Waals surface area contributed by atoms with Crippen molar-refractivity contribution in [2.45, 2.75) is 19.5 Å². The molecule has 22 heavy (non-hydrogen) atoms. The predicted octanol–water partition coefficient (Wildman–Crippen LogP) is 1.62. The third-order valence-electron chi connectivity index (χ3n) is 3.85. The SMILES string of the molecule is c1ccc(CN2CCc3nc(-n4nccn4)ncc3C2)cc1. The van der Waals surface area contributed by atoms with Crippen molar-refractivity contribution in [2.24, 2.45) is 0 Å². The molecule has 4 rings (SSSR count). The normalized spacial score (nSPS) is 14.7. The van der Waals surface area contributed by atoms with Gasteiger partial charge in [-0.05, 0) is 5.56 Å². The molecule has 3 heterocycles. The molecule has 0 N–H and O–H groups in total. The van der Waals surface area contributed by atoms with Crippen molar-refractivity contribution in [1.29, 1.82) is 0 Å². The van der Waals surface area contributed by atoms with Crippen LogP contribution in [0.25, 0.3) is 5.95 Å². The summed E-state index contributed by atoms with van der Waals surface area (Å²) in [5.74, 6) is 0.542. The summed E-state index contributed by atoms with van der Waals surface area (Å²) in [6, 6.07) is 10.5. The van der Waals surface area contributed by atoms with Crippen LogP contribution in [0, 0.1) is 0 Å². The zero-order valence-corrected chi connectivity index (χ0v) is 12.1. The van der Waals surface area contributed by atoms with Gasteiger partial charge in [0.05, 0.1) is 18.1 Å². The van der Waals surface area contributed by atoms with Crippen molar-refractivity contribution in [3.8, 4) is 5.95 Å². The lowest BCUT2D eigenvalue weighted by Crippen LogP contribution is -2.31. The average Bonchev–Trinajstić information content (AvgIpc) is 3.10. The number of hydrogen-bond donors (Lipinski definition) is 0. The maximum atomic E-state index is 4.60. The fourth-order valence-electron chi connectivity index (χ4n) is 2.76. The molecule has 0 saturated heterocycles. The second-order valence-corrected chi connectivity index (χ2v) is 5.41. The van der Waals surface area contributed by atoms with Gasteiger partial charge in [-0.3, -0.25) is 4.90 Å². The Kier molecular flexibility index (Phi) is 3.36. The molecular weight excluding hydrogens is 276 g/mol. The van der Waals surface area contributed by atoms with Crippen LogP contribution >= 0.6 is 0 Å². The van der Waals surface area contributed by atoms with E-state index in [2.05, 4.69) is 49.3 Å². The van der Waals surface area contributed by atoms with Crippen molar-refractivity contribution in [3.05, 3.63) is 65.7 Å². The highest BCUT2D eigenvalue weighted by molar-refractivity contribution is 5.24. The minimum absolute atomic E-state index is 0.542. The Balaban J connectivity index is 1.52. The van der Waals surface area contributed by atoms with Crippen LogP contribution in [0.4, 0.5) is 0 Å². The largest absolute Gasteiger partial charge is 0.294 e. The summed E-state index contributed by atoms with van der Waals surface area (Å²) in [6.07, 6.45) is 6.09. The van der Waals surface area contributed by atoms with Gasteiger partial charge in [0, 0.05) is 37.8 Å². The highest BCUT2D eigenvalue weighted by atomic mass is 15.5. The lowest BCUT2D eigenvalue weighted by atomic mass is 10.1. The first-order valence-electron chi connectivity index (χ1n) is 7.36. The van der Waals surface area contributed by atoms with Gasteiger partial charge < -0.3 is 0 Å². The van der Waals surface area contributed by atoms with E-state index in [0.717, 1.165) is 31.7 Å². The molecule has 0 saturated carbocycles. The number of fused-ring (bicyclic) bond motifs is 1. The van der Waals surface area contributed by atoms with Crippen LogP contribution in [-0.2, 0) is 19.5 Å². The summed E-state index contributed by atoms with van der Waals surface area (Å²) in [7, 11) is 0. The number of nitrogens with zero attached hydrogens (tertiary/aromatic N) is 6. The first-order valence-corrected chi connectivity index (χ1v) is 7.36. The lowest BCUT2D eigenvalue weighted by Gasteiger charge is -2.27. The molecule has 6 heteroatoms. The topological polar surface area (TPSA) is 59.7 Å². The van der Waals surface area contributed by atoms with Gasteiger partial charge in [-0.15, -0.1) is 4.80 Å². The van der Waals surface area contributed by atoms with E-state index in [1.165, 1.54) is 15.9 Å². The molecule has 0 aliphatic carbocycles. The van der Waals surface area contributed by atoms with Gasteiger partial charge >= 0.3 is 0 Å². The van der Waals surface area contributed by atoms with E-state index in [1.54, 1.807) is 12.4 Å². The molecule has 0 atom stereocenters. The van der Waals surface area contributed by atoms with Crippen molar-refractivity contribution in [1.82, 2.24) is 29.9 Å². The maximum absolute atomic E-state index is 4.60. The Morgan fingerprint density at radius 2 is 1.86 bits per heavy atom. The molecule has 0 spiro atoms. The molecule has 0 radical (unpaired) electrons. The maximum Gasteiger partial charge on any atom is 0.268 e. The Labute approximate surface area is 128 Å². The van der Waals surface area contributed by atoms with Crippen LogP contribution in [0.15, 0.2) is 48.9 Å². The molecule has 1 aliphatic heterocycles. The van der Waals surface area contributed by atoms with Gasteiger partial charge in [0.15, 0.2) is 0 Å². The first-order chi connectivity index (χ1) is 10.9. The average molecular weight is 292 g/mol. The Morgan fingerprint density at radius 1 is 1.05 bits per heavy atom. The van der Waals surface area contributed by atoms with E-state index in [4.69, 9.17) is 0 Å². The minimum atomic E-state index is 0.542. The van der Waals surface area contributed by atoms with Crippen LogP contribution in [-0.4, -0.2) is 36.4 Å². The van der Waals surface area contributed by atoms with Crippen LogP contribution in [0.1, 0.15) is 16.8 Å². The molecular formula is C16H16N6. The minimum Gasteiger partial charge on any atom is -0.294 e. The number of hydrogen-bond acceptors (Lipinski definition) is 5. The first kappa shape index (κ1) is 13.1. The van der Waals surface area contributed by atoms with Crippen LogP contribution in [0.5, 0.6) is 0 Å². The second kappa shape index (κ2) is 5.65. The lowest BCUT2D eigenvalue weighted by molar-refractivity contribution is 0.242. The van der Waals surface area contributed by atoms with Gasteiger partial charge in [0.1, 0.15) is 0 Å². The molecule has 3 aromatic rings. The van der Waals surface area contributed by atoms with Gasteiger partial charge in [-0.25, -0.2) is 9.97 Å². The Morgan fingerprint density at radius 3 is 2.68 bits per heavy atom. The van der Waals surface area contributed by atoms with E-state index >= 15 is 0 Å². The van der Waals surface area contributed by atoms with Crippen molar-refractivity contribution in [3.63, 3.8) is 0 Å². The van der Waals surface area contributed by atoms with Crippen molar-refractivity contribution >= 4 is 0 Å². The van der Waals surface area contributed by atoms with E-state index in [0.29, 0.717) is 5.95 Å². The summed E-state index contributed by atoms with van der Waals surface area (Å²) in [6.45, 7) is 2.85. The standard InChI is InChI=1S/C16H16N6/c1-2-4-13(5-3-1)11-21-9-6-15-14(12-21)10-17-16(20-15)22-18-7-8-19-22/h1-5,7-8,10H,6,9,11-12H2. The third-order valence-corrected chi connectivity index (χ3v) is 3.85. The molecule has 110 valence electrons. The highest BCUT2D eigenvalue weighted by Gasteiger charge is 2.19. The molecule has 0 amide bonds. The fourth-order valence-corrected chi connectivity index (χ4v) is 2.76. The number of rotatable bonds is 3. The monoisotopic (exact) mass is 292 g/mol. The zero-order chi connectivity index (χ0) is 14.8. The van der Waals surface area contributed by atoms with E-state index < -0.39 is 0 Å². The summed E-state index contributed by atoms with van der Waals surface area (Å²) >= 11 is 0. The number of aromatic nitrogens is 5. The second-order valence-electron chi connectivity index (χ2n) is 5.41. The molecule has 6 nitrogen and oxygen atoms in total. The summed E-state index contributed by atoms with van der Waals surface area (Å²) in [5, 5.41) is 8.15. The van der Waals surface area contributed by atoms with Gasteiger partial charge in [-0.1, -0.05) is 30.3 Å².